The number of hydrogen-bond acceptors (Lipinski definition) is 5. The van der Waals surface area contributed by atoms with E-state index in [4.69, 9.17) is 4.74 Å². The summed E-state index contributed by atoms with van der Waals surface area (Å²) in [6.07, 6.45) is 0.370. The van der Waals surface area contributed by atoms with E-state index in [1.54, 1.807) is 54.6 Å². The van der Waals surface area contributed by atoms with Crippen molar-refractivity contribution < 1.29 is 14.3 Å². The highest BCUT2D eigenvalue weighted by molar-refractivity contribution is 6.00. The van der Waals surface area contributed by atoms with Crippen molar-refractivity contribution in [1.29, 1.82) is 0 Å². The van der Waals surface area contributed by atoms with Gasteiger partial charge in [0, 0.05) is 5.56 Å². The van der Waals surface area contributed by atoms with Gasteiger partial charge >= 0.3 is 5.97 Å². The smallest absolute Gasteiger partial charge is 0.326 e. The number of para-hydroxylation sites is 1. The lowest BCUT2D eigenvalue weighted by Gasteiger charge is -2.13. The summed E-state index contributed by atoms with van der Waals surface area (Å²) >= 11 is 0. The molecule has 0 bridgehead atoms. The normalized spacial score (nSPS) is 11.9. The maximum absolute atomic E-state index is 12.4. The molecule has 0 unspecified atom stereocenters. The SMILES string of the molecule is C[C@@H](OC(=O)Cn1cnc2ccccc2c1=O)C(=O)c1ccccc1. The maximum Gasteiger partial charge on any atom is 0.326 e. The Balaban J connectivity index is 1.71. The van der Waals surface area contributed by atoms with Crippen molar-refractivity contribution in [2.24, 2.45) is 0 Å². The van der Waals surface area contributed by atoms with Gasteiger partial charge in [0.25, 0.3) is 5.56 Å². The lowest BCUT2D eigenvalue weighted by molar-refractivity contribution is -0.147. The van der Waals surface area contributed by atoms with Gasteiger partial charge in [-0.1, -0.05) is 42.5 Å². The van der Waals surface area contributed by atoms with Crippen LogP contribution in [0.4, 0.5) is 0 Å². The van der Waals surface area contributed by atoms with Crippen LogP contribution in [0.1, 0.15) is 17.3 Å². The summed E-state index contributed by atoms with van der Waals surface area (Å²) in [7, 11) is 0. The number of hydrogen-bond donors (Lipinski definition) is 0. The number of benzene rings is 2. The fourth-order valence-corrected chi connectivity index (χ4v) is 2.48. The van der Waals surface area contributed by atoms with Crippen LogP contribution in [-0.2, 0) is 16.1 Å². The molecule has 25 heavy (non-hydrogen) atoms. The second-order valence-electron chi connectivity index (χ2n) is 5.56. The molecule has 0 amide bonds. The van der Waals surface area contributed by atoms with Gasteiger partial charge in [0.2, 0.25) is 5.78 Å². The van der Waals surface area contributed by atoms with Crippen molar-refractivity contribution in [2.45, 2.75) is 19.6 Å². The van der Waals surface area contributed by atoms with Crippen molar-refractivity contribution in [1.82, 2.24) is 9.55 Å². The largest absolute Gasteiger partial charge is 0.453 e. The summed E-state index contributed by atoms with van der Waals surface area (Å²) in [5.74, 6) is -0.964. The van der Waals surface area contributed by atoms with Crippen LogP contribution in [0.5, 0.6) is 0 Å². The van der Waals surface area contributed by atoms with E-state index >= 15 is 0 Å². The predicted molar refractivity (Wildman–Crippen MR) is 92.3 cm³/mol. The van der Waals surface area contributed by atoms with Crippen molar-refractivity contribution in [3.05, 3.63) is 76.8 Å². The monoisotopic (exact) mass is 336 g/mol. The van der Waals surface area contributed by atoms with Crippen LogP contribution in [0.15, 0.2) is 65.7 Å². The molecule has 1 heterocycles. The first-order valence-corrected chi connectivity index (χ1v) is 7.79. The van der Waals surface area contributed by atoms with Crippen LogP contribution < -0.4 is 5.56 Å². The number of Topliss-reactive ketones (excluding diaryl/α,β-unsaturated/α-hetero) is 1. The molecule has 3 aromatic rings. The number of carbonyl (C=O) groups excluding carboxylic acids is 2. The van der Waals surface area contributed by atoms with E-state index in [-0.39, 0.29) is 17.9 Å². The van der Waals surface area contributed by atoms with Gasteiger partial charge in [0.1, 0.15) is 6.54 Å². The average molecular weight is 336 g/mol. The number of nitrogens with zero attached hydrogens (tertiary/aromatic N) is 2. The number of rotatable bonds is 5. The lowest BCUT2D eigenvalue weighted by atomic mass is 10.1. The van der Waals surface area contributed by atoms with E-state index in [0.717, 1.165) is 0 Å². The molecule has 1 aromatic heterocycles. The van der Waals surface area contributed by atoms with Crippen LogP contribution in [0, 0.1) is 0 Å². The minimum atomic E-state index is -0.931. The number of esters is 1. The van der Waals surface area contributed by atoms with E-state index in [2.05, 4.69) is 4.98 Å². The van der Waals surface area contributed by atoms with E-state index in [1.165, 1.54) is 17.8 Å². The molecule has 1 atom stereocenters. The van der Waals surface area contributed by atoms with E-state index in [1.807, 2.05) is 0 Å². The zero-order chi connectivity index (χ0) is 17.8. The Kier molecular flexibility index (Phi) is 4.70. The summed E-state index contributed by atoms with van der Waals surface area (Å²) in [5, 5.41) is 0.422. The van der Waals surface area contributed by atoms with E-state index in [9.17, 15) is 14.4 Å². The second-order valence-corrected chi connectivity index (χ2v) is 5.56. The molecule has 0 saturated carbocycles. The van der Waals surface area contributed by atoms with Crippen molar-refractivity contribution >= 4 is 22.7 Å². The topological polar surface area (TPSA) is 78.3 Å². The van der Waals surface area contributed by atoms with Gasteiger partial charge in [-0.15, -0.1) is 0 Å². The number of ether oxygens (including phenoxy) is 1. The van der Waals surface area contributed by atoms with Crippen molar-refractivity contribution in [3.63, 3.8) is 0 Å². The fourth-order valence-electron chi connectivity index (χ4n) is 2.48. The van der Waals surface area contributed by atoms with Crippen LogP contribution in [0.2, 0.25) is 0 Å². The lowest BCUT2D eigenvalue weighted by Crippen LogP contribution is -2.30. The Morgan fingerprint density at radius 3 is 2.52 bits per heavy atom. The minimum Gasteiger partial charge on any atom is -0.453 e. The van der Waals surface area contributed by atoms with E-state index < -0.39 is 12.1 Å². The molecular formula is C19H16N2O4. The summed E-state index contributed by atoms with van der Waals surface area (Å²) in [6, 6.07) is 15.5. The molecule has 2 aromatic carbocycles. The third-order valence-electron chi connectivity index (χ3n) is 3.77. The summed E-state index contributed by atoms with van der Waals surface area (Å²) in [6.45, 7) is 1.21. The molecule has 0 N–H and O–H groups in total. The predicted octanol–water partition coefficient (Wildman–Crippen LogP) is 2.21. The first-order chi connectivity index (χ1) is 12.1. The fraction of sp³-hybridized carbons (Fsp3) is 0.158. The number of aromatic nitrogens is 2. The van der Waals surface area contributed by atoms with Gasteiger partial charge in [-0.3, -0.25) is 19.0 Å². The molecule has 126 valence electrons. The second kappa shape index (κ2) is 7.09. The molecule has 0 radical (unpaired) electrons. The molecule has 0 aliphatic carbocycles. The molecule has 6 heteroatoms. The van der Waals surface area contributed by atoms with Crippen LogP contribution in [0.3, 0.4) is 0 Å². The Morgan fingerprint density at radius 1 is 1.08 bits per heavy atom. The van der Waals surface area contributed by atoms with Gasteiger partial charge in [-0.25, -0.2) is 4.98 Å². The Labute approximate surface area is 143 Å². The number of carbonyl (C=O) groups is 2. The number of fused-ring (bicyclic) bond motifs is 1. The Bertz CT molecular complexity index is 979. The molecular weight excluding hydrogens is 320 g/mol. The summed E-state index contributed by atoms with van der Waals surface area (Å²) < 4.78 is 6.33. The number of ketones is 1. The van der Waals surface area contributed by atoms with Crippen LogP contribution in [0.25, 0.3) is 10.9 Å². The van der Waals surface area contributed by atoms with Gasteiger partial charge in [-0.2, -0.15) is 0 Å². The Morgan fingerprint density at radius 2 is 1.76 bits per heavy atom. The average Bonchev–Trinajstić information content (AvgIpc) is 2.64. The molecule has 3 rings (SSSR count). The quantitative estimate of drug-likeness (QED) is 0.527. The standard InChI is InChI=1S/C19H16N2O4/c1-13(18(23)14-7-3-2-4-8-14)25-17(22)11-21-12-20-16-10-6-5-9-15(16)19(21)24/h2-10,12-13H,11H2,1H3/t13-/m1/s1. The molecule has 0 aliphatic rings. The highest BCUT2D eigenvalue weighted by Gasteiger charge is 2.19. The van der Waals surface area contributed by atoms with Gasteiger partial charge in [0.15, 0.2) is 6.10 Å². The third-order valence-corrected chi connectivity index (χ3v) is 3.77. The zero-order valence-electron chi connectivity index (χ0n) is 13.6. The van der Waals surface area contributed by atoms with Gasteiger partial charge in [-0.05, 0) is 19.1 Å². The highest BCUT2D eigenvalue weighted by Crippen LogP contribution is 2.07. The van der Waals surface area contributed by atoms with Crippen molar-refractivity contribution in [2.75, 3.05) is 0 Å². The van der Waals surface area contributed by atoms with Crippen LogP contribution >= 0.6 is 0 Å². The van der Waals surface area contributed by atoms with Gasteiger partial charge in [0.05, 0.1) is 17.2 Å². The first kappa shape index (κ1) is 16.6. The zero-order valence-corrected chi connectivity index (χ0v) is 13.6. The van der Waals surface area contributed by atoms with Crippen LogP contribution in [-0.4, -0.2) is 27.4 Å². The van der Waals surface area contributed by atoms with E-state index in [0.29, 0.717) is 16.5 Å². The summed E-state index contributed by atoms with van der Waals surface area (Å²) in [5.41, 5.74) is 0.696. The molecule has 6 nitrogen and oxygen atoms in total. The summed E-state index contributed by atoms with van der Waals surface area (Å²) in [4.78, 5) is 40.8. The first-order valence-electron chi connectivity index (χ1n) is 7.79. The molecule has 0 fully saturated rings. The minimum absolute atomic E-state index is 0.294. The maximum atomic E-state index is 12.4. The molecule has 0 aliphatic heterocycles. The van der Waals surface area contributed by atoms with Gasteiger partial charge < -0.3 is 4.74 Å². The highest BCUT2D eigenvalue weighted by atomic mass is 16.5. The Hall–Kier alpha value is -3.28. The third kappa shape index (κ3) is 3.63. The molecule has 0 saturated heterocycles. The van der Waals surface area contributed by atoms with Crippen molar-refractivity contribution in [3.8, 4) is 0 Å². The molecule has 0 spiro atoms.